The molecule has 0 spiro atoms. The van der Waals surface area contributed by atoms with Gasteiger partial charge in [0.15, 0.2) is 6.04 Å². The lowest BCUT2D eigenvalue weighted by atomic mass is 10.1. The number of piperazine rings is 1. The van der Waals surface area contributed by atoms with E-state index in [1.807, 2.05) is 29.3 Å². The molecule has 1 aromatic heterocycles. The van der Waals surface area contributed by atoms with Crippen molar-refractivity contribution in [3.8, 4) is 6.07 Å². The molecule has 6 nitrogen and oxygen atoms in total. The van der Waals surface area contributed by atoms with Crippen molar-refractivity contribution in [3.05, 3.63) is 52.2 Å². The van der Waals surface area contributed by atoms with Gasteiger partial charge >= 0.3 is 0 Å². The number of carbonyl (C=O) groups is 2. The van der Waals surface area contributed by atoms with Gasteiger partial charge in [-0.25, -0.2) is 0 Å². The van der Waals surface area contributed by atoms with E-state index in [9.17, 15) is 9.59 Å². The molecule has 3 rings (SSSR count). The molecule has 1 aromatic carbocycles. The van der Waals surface area contributed by atoms with Gasteiger partial charge in [-0.2, -0.15) is 5.26 Å². The van der Waals surface area contributed by atoms with Crippen molar-refractivity contribution in [2.45, 2.75) is 13.0 Å². The van der Waals surface area contributed by atoms with E-state index in [4.69, 9.17) is 5.26 Å². The largest absolute Gasteiger partial charge is 0.327 e. The minimum Gasteiger partial charge on any atom is -0.327 e. The van der Waals surface area contributed by atoms with Crippen LogP contribution >= 0.6 is 11.3 Å². The van der Waals surface area contributed by atoms with Crippen molar-refractivity contribution < 1.29 is 14.5 Å². The second-order valence-corrected chi connectivity index (χ2v) is 7.24. The summed E-state index contributed by atoms with van der Waals surface area (Å²) in [4.78, 5) is 28.7. The number of nitriles is 1. The minimum atomic E-state index is -0.249. The Hall–Kier alpha value is -2.69. The number of hydrogen-bond donors (Lipinski definition) is 2. The Morgan fingerprint density at radius 1 is 1.23 bits per heavy atom. The van der Waals surface area contributed by atoms with Gasteiger partial charge in [-0.15, -0.1) is 11.3 Å². The standard InChI is InChI=1S/C19H20N4O2S/c1-14(18(24)21-16-6-3-2-5-15(16)13-20)22-8-10-23(11-9-22)19(25)17-7-4-12-26-17/h2-7,12,14H,8-11H2,1H3,(H,21,24)/p+1/t14-/m0/s1. The van der Waals surface area contributed by atoms with Gasteiger partial charge in [-0.05, 0) is 30.5 Å². The van der Waals surface area contributed by atoms with Gasteiger partial charge in [0.1, 0.15) is 6.07 Å². The number of para-hydroxylation sites is 1. The molecule has 7 heteroatoms. The van der Waals surface area contributed by atoms with Gasteiger partial charge in [0.25, 0.3) is 11.8 Å². The number of thiophene rings is 1. The minimum absolute atomic E-state index is 0.0686. The zero-order valence-corrected chi connectivity index (χ0v) is 15.4. The summed E-state index contributed by atoms with van der Waals surface area (Å²) >= 11 is 1.45. The van der Waals surface area contributed by atoms with Gasteiger partial charge in [0, 0.05) is 0 Å². The first-order valence-corrected chi connectivity index (χ1v) is 9.45. The zero-order chi connectivity index (χ0) is 18.5. The zero-order valence-electron chi connectivity index (χ0n) is 14.6. The molecule has 1 atom stereocenters. The summed E-state index contributed by atoms with van der Waals surface area (Å²) in [6, 6.07) is 12.5. The highest BCUT2D eigenvalue weighted by Gasteiger charge is 2.31. The van der Waals surface area contributed by atoms with Crippen LogP contribution in [0.15, 0.2) is 41.8 Å². The Bertz CT molecular complexity index is 820. The molecular weight excluding hydrogens is 348 g/mol. The first kappa shape index (κ1) is 18.1. The van der Waals surface area contributed by atoms with E-state index in [-0.39, 0.29) is 17.9 Å². The fourth-order valence-electron chi connectivity index (χ4n) is 3.10. The van der Waals surface area contributed by atoms with E-state index in [2.05, 4.69) is 11.4 Å². The molecular formula is C19H21N4O2S+. The lowest BCUT2D eigenvalue weighted by molar-refractivity contribution is -0.917. The predicted molar refractivity (Wildman–Crippen MR) is 100 cm³/mol. The highest BCUT2D eigenvalue weighted by Crippen LogP contribution is 2.14. The lowest BCUT2D eigenvalue weighted by Crippen LogP contribution is -3.19. The summed E-state index contributed by atoms with van der Waals surface area (Å²) in [5, 5.41) is 13.9. The van der Waals surface area contributed by atoms with Gasteiger partial charge in [0.2, 0.25) is 0 Å². The molecule has 1 aliphatic rings. The molecule has 2 amide bonds. The third kappa shape index (κ3) is 3.93. The van der Waals surface area contributed by atoms with Crippen molar-refractivity contribution >= 4 is 28.8 Å². The van der Waals surface area contributed by atoms with E-state index in [1.54, 1.807) is 24.3 Å². The molecule has 2 aromatic rings. The molecule has 0 radical (unpaired) electrons. The van der Waals surface area contributed by atoms with E-state index >= 15 is 0 Å². The summed E-state index contributed by atoms with van der Waals surface area (Å²) < 4.78 is 0. The molecule has 0 aliphatic carbocycles. The van der Waals surface area contributed by atoms with Crippen LogP contribution in [-0.4, -0.2) is 48.9 Å². The Balaban J connectivity index is 1.56. The topological polar surface area (TPSA) is 77.6 Å². The Kier molecular flexibility index (Phi) is 5.66. The average molecular weight is 369 g/mol. The van der Waals surface area contributed by atoms with Gasteiger partial charge in [-0.3, -0.25) is 9.59 Å². The van der Waals surface area contributed by atoms with Crippen LogP contribution in [0.3, 0.4) is 0 Å². The quantitative estimate of drug-likeness (QED) is 0.844. The van der Waals surface area contributed by atoms with Crippen LogP contribution in [0.4, 0.5) is 5.69 Å². The summed E-state index contributed by atoms with van der Waals surface area (Å²) in [7, 11) is 0. The highest BCUT2D eigenvalue weighted by molar-refractivity contribution is 7.12. The van der Waals surface area contributed by atoms with Crippen LogP contribution in [0.2, 0.25) is 0 Å². The van der Waals surface area contributed by atoms with Crippen LogP contribution in [-0.2, 0) is 4.79 Å². The van der Waals surface area contributed by atoms with Gasteiger partial charge in [0.05, 0.1) is 42.3 Å². The monoisotopic (exact) mass is 369 g/mol. The molecule has 134 valence electrons. The van der Waals surface area contributed by atoms with E-state index in [0.717, 1.165) is 22.9 Å². The lowest BCUT2D eigenvalue weighted by Gasteiger charge is -2.34. The number of amides is 2. The SMILES string of the molecule is C[C@@H](C(=O)Nc1ccccc1C#N)[NH+]1CCN(C(=O)c2cccs2)CC1. The van der Waals surface area contributed by atoms with E-state index < -0.39 is 0 Å². The number of quaternary nitrogens is 1. The first-order chi connectivity index (χ1) is 12.6. The van der Waals surface area contributed by atoms with Crippen molar-refractivity contribution in [1.82, 2.24) is 4.90 Å². The third-order valence-corrected chi connectivity index (χ3v) is 5.59. The van der Waals surface area contributed by atoms with E-state index in [0.29, 0.717) is 24.3 Å². The van der Waals surface area contributed by atoms with Gasteiger partial charge < -0.3 is 15.1 Å². The number of nitrogens with one attached hydrogen (secondary N) is 2. The smallest absolute Gasteiger partial charge is 0.282 e. The molecule has 2 heterocycles. The Morgan fingerprint density at radius 2 is 1.96 bits per heavy atom. The molecule has 0 saturated carbocycles. The first-order valence-electron chi connectivity index (χ1n) is 8.57. The fourth-order valence-corrected chi connectivity index (χ4v) is 3.79. The number of benzene rings is 1. The van der Waals surface area contributed by atoms with Crippen molar-refractivity contribution in [2.24, 2.45) is 0 Å². The number of rotatable bonds is 4. The van der Waals surface area contributed by atoms with Crippen molar-refractivity contribution in [1.29, 1.82) is 5.26 Å². The second kappa shape index (κ2) is 8.13. The summed E-state index contributed by atoms with van der Waals surface area (Å²) in [6.45, 7) is 4.62. The fraction of sp³-hybridized carbons (Fsp3) is 0.316. The molecule has 1 fully saturated rings. The molecule has 2 N–H and O–H groups in total. The molecule has 1 saturated heterocycles. The van der Waals surface area contributed by atoms with Crippen LogP contribution < -0.4 is 10.2 Å². The average Bonchev–Trinajstić information content (AvgIpc) is 3.22. The molecule has 1 aliphatic heterocycles. The predicted octanol–water partition coefficient (Wildman–Crippen LogP) is 0.988. The molecule has 0 bridgehead atoms. The summed E-state index contributed by atoms with van der Waals surface area (Å²) in [5.74, 6) is -0.0418. The molecule has 26 heavy (non-hydrogen) atoms. The maximum atomic E-state index is 12.6. The van der Waals surface area contributed by atoms with Gasteiger partial charge in [-0.1, -0.05) is 18.2 Å². The maximum absolute atomic E-state index is 12.6. The summed E-state index contributed by atoms with van der Waals surface area (Å²) in [5.41, 5.74) is 0.993. The van der Waals surface area contributed by atoms with Crippen molar-refractivity contribution in [2.75, 3.05) is 31.5 Å². The van der Waals surface area contributed by atoms with Crippen LogP contribution in [0.1, 0.15) is 22.2 Å². The maximum Gasteiger partial charge on any atom is 0.282 e. The highest BCUT2D eigenvalue weighted by atomic mass is 32.1. The molecule has 0 unspecified atom stereocenters. The van der Waals surface area contributed by atoms with E-state index in [1.165, 1.54) is 11.3 Å². The van der Waals surface area contributed by atoms with Crippen LogP contribution in [0, 0.1) is 11.3 Å². The number of nitrogens with zero attached hydrogens (tertiary/aromatic N) is 2. The Labute approximate surface area is 156 Å². The number of carbonyl (C=O) groups excluding carboxylic acids is 2. The Morgan fingerprint density at radius 3 is 2.62 bits per heavy atom. The summed E-state index contributed by atoms with van der Waals surface area (Å²) in [6.07, 6.45) is 0. The number of anilines is 1. The third-order valence-electron chi connectivity index (χ3n) is 4.74. The number of hydrogen-bond acceptors (Lipinski definition) is 4. The van der Waals surface area contributed by atoms with Crippen LogP contribution in [0.5, 0.6) is 0 Å². The second-order valence-electron chi connectivity index (χ2n) is 6.30. The normalized spacial score (nSPS) is 15.9. The van der Waals surface area contributed by atoms with Crippen LogP contribution in [0.25, 0.3) is 0 Å². The van der Waals surface area contributed by atoms with Crippen molar-refractivity contribution in [3.63, 3.8) is 0 Å².